The Morgan fingerprint density at radius 1 is 1.02 bits per heavy atom. The molecule has 352 valence electrons. The van der Waals surface area contributed by atoms with E-state index in [-0.39, 0.29) is 66.8 Å². The van der Waals surface area contributed by atoms with Crippen molar-refractivity contribution in [1.82, 2.24) is 36.3 Å². The van der Waals surface area contributed by atoms with Gasteiger partial charge in [0.05, 0.1) is 25.2 Å². The second kappa shape index (κ2) is 25.8. The fraction of sp³-hybridized carbons (Fsp3) is 0.689. The van der Waals surface area contributed by atoms with Crippen molar-refractivity contribution < 1.29 is 43.3 Å². The minimum Gasteiger partial charge on any atom is -0.508 e. The predicted molar refractivity (Wildman–Crippen MR) is 241 cm³/mol. The van der Waals surface area contributed by atoms with Crippen molar-refractivity contribution in [3.8, 4) is 5.75 Å². The number of fused-ring (bicyclic) bond motifs is 1. The Balaban J connectivity index is 1.49. The van der Waals surface area contributed by atoms with Gasteiger partial charge in [-0.2, -0.15) is 0 Å². The molecule has 7 atom stereocenters. The van der Waals surface area contributed by atoms with Crippen molar-refractivity contribution in [3.63, 3.8) is 0 Å². The van der Waals surface area contributed by atoms with Gasteiger partial charge in [0.25, 0.3) is 5.91 Å². The first-order chi connectivity index (χ1) is 30.2. The van der Waals surface area contributed by atoms with Crippen molar-refractivity contribution in [1.29, 1.82) is 0 Å². The molecule has 1 fully saturated rings. The number of thiazole rings is 1. The molecule has 0 bridgehead atoms. The number of rotatable bonds is 23. The smallest absolute Gasteiger partial charge is 0.426 e. The zero-order chi connectivity index (χ0) is 46.1. The van der Waals surface area contributed by atoms with Gasteiger partial charge in [-0.15, -0.1) is 11.3 Å². The Hall–Kier alpha value is -4.36. The fourth-order valence-corrected chi connectivity index (χ4v) is 9.16. The number of hydrogen-bond acceptors (Lipinski definition) is 13. The van der Waals surface area contributed by atoms with Gasteiger partial charge in [0.15, 0.2) is 0 Å². The number of hydrazine groups is 1. The number of phenolic OH excluding ortho intramolecular Hbond substituents is 1. The predicted octanol–water partition coefficient (Wildman–Crippen LogP) is 4.55. The summed E-state index contributed by atoms with van der Waals surface area (Å²) in [5.74, 6) is -2.04. The number of aromatic hydroxyl groups is 1. The van der Waals surface area contributed by atoms with Gasteiger partial charge < -0.3 is 40.6 Å². The van der Waals surface area contributed by atoms with Crippen LogP contribution >= 0.6 is 11.3 Å². The van der Waals surface area contributed by atoms with Crippen LogP contribution < -0.4 is 27.2 Å². The molecule has 2 aromatic rings. The summed E-state index contributed by atoms with van der Waals surface area (Å²) in [4.78, 5) is 76.7. The zero-order valence-corrected chi connectivity index (χ0v) is 39.1. The molecule has 1 aromatic heterocycles. The van der Waals surface area contributed by atoms with Crippen molar-refractivity contribution in [2.75, 3.05) is 53.1 Å². The number of phenols is 1. The van der Waals surface area contributed by atoms with Gasteiger partial charge in [-0.3, -0.25) is 29.5 Å². The number of aromatic nitrogens is 1. The molecule has 1 aromatic carbocycles. The van der Waals surface area contributed by atoms with E-state index in [1.165, 1.54) is 23.5 Å². The van der Waals surface area contributed by atoms with Crippen LogP contribution in [0.15, 0.2) is 23.6 Å². The Kier molecular flexibility index (Phi) is 21.0. The Bertz CT molecular complexity index is 1800. The highest BCUT2D eigenvalue weighted by atomic mass is 32.1. The number of likely N-dealkylation sites (N-methyl/N-ethyl adjacent to an activating group) is 1. The van der Waals surface area contributed by atoms with Crippen LogP contribution in [0.1, 0.15) is 132 Å². The molecule has 17 nitrogen and oxygen atoms in total. The molecule has 4 rings (SSSR count). The van der Waals surface area contributed by atoms with E-state index in [9.17, 15) is 29.1 Å². The van der Waals surface area contributed by atoms with Crippen LogP contribution in [-0.4, -0.2) is 127 Å². The summed E-state index contributed by atoms with van der Waals surface area (Å²) in [5, 5.41) is 18.8. The molecule has 63 heavy (non-hydrogen) atoms. The summed E-state index contributed by atoms with van der Waals surface area (Å²) in [6.45, 7) is 14.9. The third-order valence-corrected chi connectivity index (χ3v) is 12.9. The summed E-state index contributed by atoms with van der Waals surface area (Å²) in [6.07, 6.45) is 4.65. The minimum absolute atomic E-state index is 0.0135. The highest BCUT2D eigenvalue weighted by Crippen LogP contribution is 2.35. The van der Waals surface area contributed by atoms with E-state index < -0.39 is 42.0 Å². The lowest BCUT2D eigenvalue weighted by Crippen LogP contribution is -2.58. The van der Waals surface area contributed by atoms with Crippen LogP contribution in [-0.2, 0) is 35.0 Å². The van der Waals surface area contributed by atoms with E-state index in [0.717, 1.165) is 50.6 Å². The second-order valence-corrected chi connectivity index (χ2v) is 18.0. The molecular formula is C45H72N8O9S. The molecule has 0 saturated carbocycles. The summed E-state index contributed by atoms with van der Waals surface area (Å²) < 4.78 is 16.7. The van der Waals surface area contributed by atoms with E-state index >= 15 is 0 Å². The minimum atomic E-state index is -0.872. The maximum atomic E-state index is 14.7. The van der Waals surface area contributed by atoms with Crippen LogP contribution in [0.25, 0.3) is 0 Å². The normalized spacial score (nSPS) is 19.5. The number of ether oxygens (including phenoxy) is 3. The molecule has 2 heterocycles. The third-order valence-electron chi connectivity index (χ3n) is 11.9. The summed E-state index contributed by atoms with van der Waals surface area (Å²) in [7, 11) is 1.97. The molecule has 1 aliphatic carbocycles. The molecule has 2 aliphatic rings. The highest BCUT2D eigenvalue weighted by molar-refractivity contribution is 7.09. The van der Waals surface area contributed by atoms with Gasteiger partial charge in [0, 0.05) is 43.6 Å². The number of benzene rings is 1. The molecule has 0 spiro atoms. The fourth-order valence-electron chi connectivity index (χ4n) is 8.30. The van der Waals surface area contributed by atoms with Crippen LogP contribution in [0.3, 0.4) is 0 Å². The standard InChI is InChI=1S/C45H72N8O9S/c1-8-17-53(44(58)39(29(6)10-3)49-42(57)36-13-11-12-18-52(36)7)37(28(4)5)26-38(61-19-9-2)43-48-35(27-63-43)41(56)47-31-23-30-14-15-32(54)25-33(30)34(24-31)40(55)50-51-45(59)62-22-21-60-20-16-46/h14-15,25,27-29,31,34,36-39,54H,8-13,16-24,26,46H2,1-7H3,(H,47,56)(H,49,57)(H,50,55)(H,51,59)/t29-,31-,34+,36+,37+,38+,39-/m0/s1. The number of hydrogen-bond donors (Lipinski definition) is 6. The van der Waals surface area contributed by atoms with Gasteiger partial charge in [-0.05, 0) is 87.2 Å². The monoisotopic (exact) mass is 901 g/mol. The number of likely N-dealkylation sites (tertiary alicyclic amines) is 1. The second-order valence-electron chi connectivity index (χ2n) is 17.1. The molecular weight excluding hydrogens is 829 g/mol. The maximum Gasteiger partial charge on any atom is 0.426 e. The first kappa shape index (κ1) is 51.3. The van der Waals surface area contributed by atoms with E-state index in [2.05, 4.69) is 40.2 Å². The molecule has 0 unspecified atom stereocenters. The van der Waals surface area contributed by atoms with E-state index in [1.54, 1.807) is 11.4 Å². The topological polar surface area (TPSA) is 227 Å². The lowest BCUT2D eigenvalue weighted by Gasteiger charge is -2.40. The maximum absolute atomic E-state index is 14.7. The summed E-state index contributed by atoms with van der Waals surface area (Å²) >= 11 is 1.32. The number of piperidine rings is 1. The quantitative estimate of drug-likeness (QED) is 0.0668. The Labute approximate surface area is 376 Å². The van der Waals surface area contributed by atoms with E-state index in [4.69, 9.17) is 24.9 Å². The SMILES string of the molecule is CCCO[C@H](C[C@H](C(C)C)N(CCC)C(=O)[C@@H](NC(=O)[C@H]1CCCCN1C)[C@@H](C)CC)c1nc(C(=O)N[C@H]2Cc3ccc(O)cc3[C@H](C(=O)NNC(=O)OCCOCCN)C2)cs1. The number of nitrogens with zero attached hydrogens (tertiary/aromatic N) is 3. The average Bonchev–Trinajstić information content (AvgIpc) is 3.77. The Morgan fingerprint density at radius 3 is 2.48 bits per heavy atom. The Morgan fingerprint density at radius 2 is 1.79 bits per heavy atom. The summed E-state index contributed by atoms with van der Waals surface area (Å²) in [5.41, 5.74) is 11.6. The van der Waals surface area contributed by atoms with E-state index in [0.29, 0.717) is 49.7 Å². The number of carbonyl (C=O) groups is 5. The number of nitrogens with one attached hydrogen (secondary N) is 4. The molecule has 1 aliphatic heterocycles. The van der Waals surface area contributed by atoms with Crippen LogP contribution in [0.5, 0.6) is 5.75 Å². The van der Waals surface area contributed by atoms with Crippen molar-refractivity contribution >= 4 is 41.1 Å². The first-order valence-corrected chi connectivity index (χ1v) is 23.6. The lowest BCUT2D eigenvalue weighted by molar-refractivity contribution is -0.143. The van der Waals surface area contributed by atoms with Crippen LogP contribution in [0, 0.1) is 11.8 Å². The molecule has 1 saturated heterocycles. The largest absolute Gasteiger partial charge is 0.508 e. The number of carbonyl (C=O) groups excluding carboxylic acids is 5. The molecule has 7 N–H and O–H groups in total. The van der Waals surface area contributed by atoms with Gasteiger partial charge >= 0.3 is 6.09 Å². The average molecular weight is 901 g/mol. The number of amides is 5. The van der Waals surface area contributed by atoms with Crippen molar-refractivity contribution in [2.24, 2.45) is 17.6 Å². The third kappa shape index (κ3) is 14.8. The zero-order valence-electron chi connectivity index (χ0n) is 38.3. The van der Waals surface area contributed by atoms with E-state index in [1.807, 2.05) is 39.6 Å². The van der Waals surface area contributed by atoms with Crippen LogP contribution in [0.4, 0.5) is 4.79 Å². The van der Waals surface area contributed by atoms with Crippen molar-refractivity contribution in [3.05, 3.63) is 45.4 Å². The molecule has 0 radical (unpaired) electrons. The van der Waals surface area contributed by atoms with Gasteiger partial charge in [0.1, 0.15) is 35.2 Å². The van der Waals surface area contributed by atoms with Crippen molar-refractivity contribution in [2.45, 2.75) is 136 Å². The molecule has 5 amide bonds. The number of nitrogens with two attached hydrogens (primary N) is 1. The van der Waals surface area contributed by atoms with Gasteiger partial charge in [0.2, 0.25) is 17.7 Å². The highest BCUT2D eigenvalue weighted by Gasteiger charge is 2.39. The van der Waals surface area contributed by atoms with Gasteiger partial charge in [-0.1, -0.05) is 60.5 Å². The summed E-state index contributed by atoms with van der Waals surface area (Å²) in [6, 6.07) is 3.09. The lowest BCUT2D eigenvalue weighted by atomic mass is 9.79. The van der Waals surface area contributed by atoms with Crippen LogP contribution in [0.2, 0.25) is 0 Å². The molecule has 18 heteroatoms. The first-order valence-electron chi connectivity index (χ1n) is 22.7. The van der Waals surface area contributed by atoms with Gasteiger partial charge in [-0.25, -0.2) is 15.2 Å².